The van der Waals surface area contributed by atoms with Crippen LogP contribution in [-0.4, -0.2) is 42.5 Å². The molecule has 4 nitrogen and oxygen atoms in total. The van der Waals surface area contributed by atoms with Crippen molar-refractivity contribution in [3.8, 4) is 0 Å². The number of hydrogen-bond acceptors (Lipinski definition) is 4. The number of ether oxygens (including phenoxy) is 1. The molecule has 70 valence electrons. The maximum absolute atomic E-state index is 10.6. The van der Waals surface area contributed by atoms with Gasteiger partial charge in [0.05, 0.1) is 25.0 Å². The van der Waals surface area contributed by atoms with Gasteiger partial charge in [-0.2, -0.15) is 12.6 Å². The van der Waals surface area contributed by atoms with Crippen LogP contribution in [0.5, 0.6) is 0 Å². The molecule has 0 aromatic heterocycles. The van der Waals surface area contributed by atoms with Crippen LogP contribution in [-0.2, 0) is 9.53 Å². The summed E-state index contributed by atoms with van der Waals surface area (Å²) in [4.78, 5) is 12.7. The minimum Gasteiger partial charge on any atom is -0.379 e. The van der Waals surface area contributed by atoms with Crippen molar-refractivity contribution in [3.63, 3.8) is 0 Å². The van der Waals surface area contributed by atoms with Gasteiger partial charge in [-0.3, -0.25) is 9.69 Å². The summed E-state index contributed by atoms with van der Waals surface area (Å²) in [6.45, 7) is 3.11. The van der Waals surface area contributed by atoms with Crippen LogP contribution in [0.2, 0.25) is 0 Å². The number of nitrogens with two attached hydrogens (primary N) is 1. The van der Waals surface area contributed by atoms with E-state index in [1.165, 1.54) is 0 Å². The zero-order valence-electron chi connectivity index (χ0n) is 6.90. The molecule has 0 saturated carbocycles. The average molecular weight is 190 g/mol. The van der Waals surface area contributed by atoms with E-state index in [0.29, 0.717) is 6.42 Å². The molecule has 0 spiro atoms. The second-order valence-corrected chi connectivity index (χ2v) is 3.40. The largest absolute Gasteiger partial charge is 0.379 e. The Kier molecular flexibility index (Phi) is 3.84. The van der Waals surface area contributed by atoms with E-state index in [1.54, 1.807) is 0 Å². The maximum Gasteiger partial charge on any atom is 0.219 e. The van der Waals surface area contributed by atoms with Crippen molar-refractivity contribution < 1.29 is 9.53 Å². The molecule has 0 bridgehead atoms. The monoisotopic (exact) mass is 190 g/mol. The van der Waals surface area contributed by atoms with Gasteiger partial charge in [0.2, 0.25) is 5.91 Å². The number of carbonyl (C=O) groups is 1. The molecule has 12 heavy (non-hydrogen) atoms. The van der Waals surface area contributed by atoms with E-state index >= 15 is 0 Å². The Balaban J connectivity index is 2.29. The van der Waals surface area contributed by atoms with E-state index in [9.17, 15) is 4.79 Å². The first-order chi connectivity index (χ1) is 5.70. The van der Waals surface area contributed by atoms with Gasteiger partial charge in [0.25, 0.3) is 0 Å². The van der Waals surface area contributed by atoms with Crippen LogP contribution >= 0.6 is 12.6 Å². The van der Waals surface area contributed by atoms with Crippen LogP contribution < -0.4 is 5.73 Å². The van der Waals surface area contributed by atoms with Crippen molar-refractivity contribution in [2.24, 2.45) is 5.73 Å². The van der Waals surface area contributed by atoms with Crippen molar-refractivity contribution in [1.29, 1.82) is 0 Å². The van der Waals surface area contributed by atoms with Gasteiger partial charge in [0.15, 0.2) is 0 Å². The average Bonchev–Trinajstić information content (AvgIpc) is 2.05. The smallest absolute Gasteiger partial charge is 0.219 e. The Hall–Kier alpha value is -0.260. The van der Waals surface area contributed by atoms with Gasteiger partial charge < -0.3 is 10.5 Å². The second-order valence-electron chi connectivity index (χ2n) is 2.80. The fraction of sp³-hybridized carbons (Fsp3) is 0.857. The van der Waals surface area contributed by atoms with Crippen LogP contribution in [0.25, 0.3) is 0 Å². The molecule has 1 unspecified atom stereocenters. The Morgan fingerprint density at radius 2 is 2.17 bits per heavy atom. The molecule has 1 fully saturated rings. The molecule has 2 N–H and O–H groups in total. The van der Waals surface area contributed by atoms with Crippen LogP contribution in [0.3, 0.4) is 0 Å². The third kappa shape index (κ3) is 3.00. The van der Waals surface area contributed by atoms with E-state index in [4.69, 9.17) is 10.5 Å². The van der Waals surface area contributed by atoms with Crippen molar-refractivity contribution in [2.45, 2.75) is 11.8 Å². The van der Waals surface area contributed by atoms with Crippen molar-refractivity contribution in [3.05, 3.63) is 0 Å². The maximum atomic E-state index is 10.6. The highest BCUT2D eigenvalue weighted by Gasteiger charge is 2.18. The number of morpholine rings is 1. The summed E-state index contributed by atoms with van der Waals surface area (Å²) in [6.07, 6.45) is 0.309. The molecule has 1 amide bonds. The Bertz CT molecular complexity index is 159. The number of primary amides is 1. The molecule has 1 atom stereocenters. The summed E-state index contributed by atoms with van der Waals surface area (Å²) in [5.74, 6) is -0.304. The van der Waals surface area contributed by atoms with Gasteiger partial charge in [0.1, 0.15) is 0 Å². The summed E-state index contributed by atoms with van der Waals surface area (Å²) in [5, 5.41) is -0.0496. The highest BCUT2D eigenvalue weighted by molar-refractivity contribution is 7.80. The molecule has 5 heteroatoms. The summed E-state index contributed by atoms with van der Waals surface area (Å²) < 4.78 is 5.16. The molecule has 0 aromatic rings. The molecule has 0 aliphatic carbocycles. The van der Waals surface area contributed by atoms with Gasteiger partial charge in [-0.15, -0.1) is 0 Å². The summed E-state index contributed by atoms with van der Waals surface area (Å²) >= 11 is 4.28. The third-order valence-electron chi connectivity index (χ3n) is 1.85. The number of thiol groups is 1. The lowest BCUT2D eigenvalue weighted by Crippen LogP contribution is -2.42. The molecule has 0 aromatic carbocycles. The van der Waals surface area contributed by atoms with Gasteiger partial charge in [0, 0.05) is 13.1 Å². The predicted octanol–water partition coefficient (Wildman–Crippen LogP) is -0.550. The first-order valence-corrected chi connectivity index (χ1v) is 4.50. The van der Waals surface area contributed by atoms with Crippen molar-refractivity contribution in [1.82, 2.24) is 4.90 Å². The lowest BCUT2D eigenvalue weighted by Gasteiger charge is -2.30. The molecule has 1 heterocycles. The summed E-state index contributed by atoms with van der Waals surface area (Å²) in [6, 6.07) is 0. The predicted molar refractivity (Wildman–Crippen MR) is 49.0 cm³/mol. The van der Waals surface area contributed by atoms with Gasteiger partial charge in [-0.1, -0.05) is 0 Å². The van der Waals surface area contributed by atoms with Gasteiger partial charge in [-0.05, 0) is 0 Å². The number of amides is 1. The number of carbonyl (C=O) groups excluding carboxylic acids is 1. The Morgan fingerprint density at radius 3 is 2.67 bits per heavy atom. The van der Waals surface area contributed by atoms with Crippen molar-refractivity contribution in [2.75, 3.05) is 26.3 Å². The third-order valence-corrected chi connectivity index (χ3v) is 2.36. The van der Waals surface area contributed by atoms with Crippen LogP contribution in [0, 0.1) is 0 Å². The first kappa shape index (κ1) is 9.83. The summed E-state index contributed by atoms with van der Waals surface area (Å²) in [5.41, 5.74) is 5.05. The van der Waals surface area contributed by atoms with Crippen LogP contribution in [0.15, 0.2) is 0 Å². The molecule has 1 aliphatic rings. The topological polar surface area (TPSA) is 55.6 Å². The quantitative estimate of drug-likeness (QED) is 0.587. The van der Waals surface area contributed by atoms with Crippen LogP contribution in [0.4, 0.5) is 0 Å². The van der Waals surface area contributed by atoms with E-state index in [1.807, 2.05) is 0 Å². The van der Waals surface area contributed by atoms with E-state index in [2.05, 4.69) is 17.5 Å². The van der Waals surface area contributed by atoms with Crippen molar-refractivity contribution >= 4 is 18.5 Å². The second kappa shape index (κ2) is 4.69. The van der Waals surface area contributed by atoms with E-state index < -0.39 is 0 Å². The standard InChI is InChI=1S/C7H14N2O2S/c8-6(10)5-7(12)9-1-3-11-4-2-9/h7,12H,1-5H2,(H2,8,10). The lowest BCUT2D eigenvalue weighted by atomic mass is 10.3. The lowest BCUT2D eigenvalue weighted by molar-refractivity contribution is -0.118. The Labute approximate surface area is 77.5 Å². The van der Waals surface area contributed by atoms with Gasteiger partial charge >= 0.3 is 0 Å². The zero-order valence-corrected chi connectivity index (χ0v) is 7.80. The number of nitrogens with zero attached hydrogens (tertiary/aromatic N) is 1. The zero-order chi connectivity index (χ0) is 8.97. The molecular weight excluding hydrogens is 176 g/mol. The van der Waals surface area contributed by atoms with E-state index in [-0.39, 0.29) is 11.3 Å². The van der Waals surface area contributed by atoms with Crippen LogP contribution in [0.1, 0.15) is 6.42 Å². The highest BCUT2D eigenvalue weighted by Crippen LogP contribution is 2.10. The fourth-order valence-corrected chi connectivity index (χ4v) is 1.60. The molecule has 1 aliphatic heterocycles. The molecule has 1 saturated heterocycles. The van der Waals surface area contributed by atoms with E-state index in [0.717, 1.165) is 26.3 Å². The molecule has 1 rings (SSSR count). The normalized spacial score (nSPS) is 22.1. The molecular formula is C7H14N2O2S. The Morgan fingerprint density at radius 1 is 1.58 bits per heavy atom. The number of hydrogen-bond donors (Lipinski definition) is 2. The summed E-state index contributed by atoms with van der Waals surface area (Å²) in [7, 11) is 0. The minimum atomic E-state index is -0.304. The number of rotatable bonds is 3. The van der Waals surface area contributed by atoms with Gasteiger partial charge in [-0.25, -0.2) is 0 Å². The highest BCUT2D eigenvalue weighted by atomic mass is 32.1. The first-order valence-electron chi connectivity index (χ1n) is 3.98. The fourth-order valence-electron chi connectivity index (χ4n) is 1.18. The molecule has 0 radical (unpaired) electrons. The SMILES string of the molecule is NC(=O)CC(S)N1CCOCC1. The minimum absolute atomic E-state index is 0.0496.